The molecule has 1 amide bonds. The zero-order chi connectivity index (χ0) is 16.9. The van der Waals surface area contributed by atoms with E-state index in [1.807, 2.05) is 0 Å². The third-order valence-corrected chi connectivity index (χ3v) is 3.89. The predicted octanol–water partition coefficient (Wildman–Crippen LogP) is 0.884. The highest BCUT2D eigenvalue weighted by Crippen LogP contribution is 2.14. The Morgan fingerprint density at radius 3 is 2.54 bits per heavy atom. The van der Waals surface area contributed by atoms with Gasteiger partial charge in [0.1, 0.15) is 0 Å². The maximum absolute atomic E-state index is 12.2. The minimum atomic E-state index is -0.258. The van der Waals surface area contributed by atoms with Gasteiger partial charge in [0.05, 0.1) is 25.2 Å². The van der Waals surface area contributed by atoms with E-state index in [-0.39, 0.29) is 5.91 Å². The Balaban J connectivity index is 1.64. The second-order valence-electron chi connectivity index (χ2n) is 5.60. The van der Waals surface area contributed by atoms with Crippen LogP contribution in [-0.2, 0) is 0 Å². The second-order valence-corrected chi connectivity index (χ2v) is 5.60. The van der Waals surface area contributed by atoms with Crippen LogP contribution in [0, 0.1) is 0 Å². The smallest absolute Gasteiger partial charge is 0.255 e. The molecule has 2 aromatic heterocycles. The number of carbonyl (C=O) groups excluding carboxylic acids is 1. The van der Waals surface area contributed by atoms with Crippen molar-refractivity contribution in [1.82, 2.24) is 19.9 Å². The van der Waals surface area contributed by atoms with Crippen molar-refractivity contribution in [1.29, 1.82) is 0 Å². The summed E-state index contributed by atoms with van der Waals surface area (Å²) >= 11 is 0. The van der Waals surface area contributed by atoms with Gasteiger partial charge < -0.3 is 19.9 Å². The molecule has 0 saturated carbocycles. The van der Waals surface area contributed by atoms with Gasteiger partial charge in [-0.2, -0.15) is 0 Å². The van der Waals surface area contributed by atoms with Crippen LogP contribution in [0.15, 0.2) is 30.7 Å². The molecule has 8 heteroatoms. The van der Waals surface area contributed by atoms with Gasteiger partial charge in [-0.15, -0.1) is 0 Å². The third kappa shape index (κ3) is 3.77. The molecule has 2 aromatic rings. The maximum Gasteiger partial charge on any atom is 0.255 e. The quantitative estimate of drug-likeness (QED) is 0.892. The second kappa shape index (κ2) is 7.22. The first kappa shape index (κ1) is 16.1. The van der Waals surface area contributed by atoms with Crippen LogP contribution in [0.5, 0.6) is 5.88 Å². The highest BCUT2D eigenvalue weighted by Gasteiger charge is 2.16. The lowest BCUT2D eigenvalue weighted by Gasteiger charge is -2.32. The van der Waals surface area contributed by atoms with E-state index in [1.165, 1.54) is 13.3 Å². The number of anilines is 2. The summed E-state index contributed by atoms with van der Waals surface area (Å²) in [4.78, 5) is 29.3. The van der Waals surface area contributed by atoms with Gasteiger partial charge in [0, 0.05) is 44.0 Å². The number of carbonyl (C=O) groups is 1. The first-order valence-corrected chi connectivity index (χ1v) is 7.72. The fourth-order valence-corrected chi connectivity index (χ4v) is 2.42. The SMILES string of the molecule is COc1cc(C(=O)Nc2cnc(N3CCN(C)CC3)nc2)ccn1. The Morgan fingerprint density at radius 1 is 1.17 bits per heavy atom. The number of nitrogens with zero attached hydrogens (tertiary/aromatic N) is 5. The lowest BCUT2D eigenvalue weighted by molar-refractivity contribution is 0.102. The number of ether oxygens (including phenoxy) is 1. The molecule has 0 atom stereocenters. The molecule has 0 spiro atoms. The van der Waals surface area contributed by atoms with Crippen molar-refractivity contribution in [3.63, 3.8) is 0 Å². The fourth-order valence-electron chi connectivity index (χ4n) is 2.42. The number of hydrogen-bond donors (Lipinski definition) is 1. The van der Waals surface area contributed by atoms with Crippen LogP contribution in [-0.4, -0.2) is 66.1 Å². The summed E-state index contributed by atoms with van der Waals surface area (Å²) in [6, 6.07) is 3.20. The van der Waals surface area contributed by atoms with E-state index in [9.17, 15) is 4.79 Å². The summed E-state index contributed by atoms with van der Waals surface area (Å²) in [5.74, 6) is 0.822. The Morgan fingerprint density at radius 2 is 1.88 bits per heavy atom. The van der Waals surface area contributed by atoms with Gasteiger partial charge in [-0.1, -0.05) is 0 Å². The van der Waals surface area contributed by atoms with Gasteiger partial charge in [-0.05, 0) is 13.1 Å². The van der Waals surface area contributed by atoms with E-state index < -0.39 is 0 Å². The van der Waals surface area contributed by atoms with Crippen LogP contribution in [0.1, 0.15) is 10.4 Å². The summed E-state index contributed by atoms with van der Waals surface area (Å²) in [7, 11) is 3.61. The van der Waals surface area contributed by atoms with Crippen LogP contribution in [0.25, 0.3) is 0 Å². The molecule has 1 aliphatic heterocycles. The van der Waals surface area contributed by atoms with Crippen molar-refractivity contribution in [3.8, 4) is 5.88 Å². The summed E-state index contributed by atoms with van der Waals surface area (Å²) in [6.07, 6.45) is 4.77. The summed E-state index contributed by atoms with van der Waals surface area (Å²) in [5, 5.41) is 2.77. The maximum atomic E-state index is 12.2. The van der Waals surface area contributed by atoms with E-state index in [2.05, 4.69) is 37.1 Å². The largest absolute Gasteiger partial charge is 0.481 e. The molecule has 0 aliphatic carbocycles. The number of hydrogen-bond acceptors (Lipinski definition) is 7. The molecule has 3 heterocycles. The molecule has 8 nitrogen and oxygen atoms in total. The van der Waals surface area contributed by atoms with E-state index in [1.54, 1.807) is 24.5 Å². The van der Waals surface area contributed by atoms with Crippen LogP contribution in [0.4, 0.5) is 11.6 Å². The molecule has 126 valence electrons. The van der Waals surface area contributed by atoms with Gasteiger partial charge in [-0.3, -0.25) is 4.79 Å². The van der Waals surface area contributed by atoms with E-state index in [4.69, 9.17) is 4.74 Å². The molecule has 0 bridgehead atoms. The molecule has 3 rings (SSSR count). The minimum absolute atomic E-state index is 0.258. The molecular weight excluding hydrogens is 308 g/mol. The molecule has 1 fully saturated rings. The Kier molecular flexibility index (Phi) is 4.85. The molecule has 0 aromatic carbocycles. The first-order chi connectivity index (χ1) is 11.7. The number of rotatable bonds is 4. The molecule has 1 saturated heterocycles. The standard InChI is InChI=1S/C16H20N6O2/c1-21-5-7-22(8-6-21)16-18-10-13(11-19-16)20-15(23)12-3-4-17-14(9-12)24-2/h3-4,9-11H,5-8H2,1-2H3,(H,20,23). The predicted molar refractivity (Wildman–Crippen MR) is 90.5 cm³/mol. The first-order valence-electron chi connectivity index (χ1n) is 7.72. The monoisotopic (exact) mass is 328 g/mol. The zero-order valence-corrected chi connectivity index (χ0v) is 13.8. The number of nitrogens with one attached hydrogen (secondary N) is 1. The van der Waals surface area contributed by atoms with Crippen molar-refractivity contribution >= 4 is 17.5 Å². The normalized spacial score (nSPS) is 15.2. The molecular formula is C16H20N6O2. The average Bonchev–Trinajstić information content (AvgIpc) is 2.63. The van der Waals surface area contributed by atoms with Crippen LogP contribution in [0.3, 0.4) is 0 Å². The lowest BCUT2D eigenvalue weighted by Crippen LogP contribution is -2.45. The van der Waals surface area contributed by atoms with Gasteiger partial charge in [0.25, 0.3) is 5.91 Å². The number of piperazine rings is 1. The van der Waals surface area contributed by atoms with Gasteiger partial charge in [0.15, 0.2) is 0 Å². The Labute approximate surface area is 140 Å². The number of methoxy groups -OCH3 is 1. The molecule has 1 N–H and O–H groups in total. The van der Waals surface area contributed by atoms with Gasteiger partial charge in [0.2, 0.25) is 11.8 Å². The lowest BCUT2D eigenvalue weighted by atomic mass is 10.2. The number of likely N-dealkylation sites (N-methyl/N-ethyl adjacent to an activating group) is 1. The minimum Gasteiger partial charge on any atom is -0.481 e. The molecule has 24 heavy (non-hydrogen) atoms. The van der Waals surface area contributed by atoms with Crippen LogP contribution < -0.4 is 15.0 Å². The molecule has 0 unspecified atom stereocenters. The van der Waals surface area contributed by atoms with Crippen molar-refractivity contribution in [2.45, 2.75) is 0 Å². The average molecular weight is 328 g/mol. The number of amides is 1. The number of aromatic nitrogens is 3. The van der Waals surface area contributed by atoms with E-state index in [0.717, 1.165) is 26.2 Å². The van der Waals surface area contributed by atoms with Gasteiger partial charge >= 0.3 is 0 Å². The summed E-state index contributed by atoms with van der Waals surface area (Å²) in [6.45, 7) is 3.79. The van der Waals surface area contributed by atoms with E-state index >= 15 is 0 Å². The van der Waals surface area contributed by atoms with Crippen molar-refractivity contribution in [2.24, 2.45) is 0 Å². The summed E-state index contributed by atoms with van der Waals surface area (Å²) in [5.41, 5.74) is 1.01. The Bertz CT molecular complexity index is 698. The van der Waals surface area contributed by atoms with Crippen molar-refractivity contribution in [2.75, 3.05) is 50.6 Å². The topological polar surface area (TPSA) is 83.5 Å². The van der Waals surface area contributed by atoms with Crippen LogP contribution >= 0.6 is 0 Å². The van der Waals surface area contributed by atoms with Crippen molar-refractivity contribution in [3.05, 3.63) is 36.3 Å². The van der Waals surface area contributed by atoms with E-state index in [0.29, 0.717) is 23.1 Å². The highest BCUT2D eigenvalue weighted by atomic mass is 16.5. The van der Waals surface area contributed by atoms with Crippen molar-refractivity contribution < 1.29 is 9.53 Å². The summed E-state index contributed by atoms with van der Waals surface area (Å²) < 4.78 is 5.02. The fraction of sp³-hybridized carbons (Fsp3) is 0.375. The van der Waals surface area contributed by atoms with Gasteiger partial charge in [-0.25, -0.2) is 15.0 Å². The van der Waals surface area contributed by atoms with Crippen LogP contribution in [0.2, 0.25) is 0 Å². The molecule has 1 aliphatic rings. The Hall–Kier alpha value is -2.74. The third-order valence-electron chi connectivity index (χ3n) is 3.89. The highest BCUT2D eigenvalue weighted by molar-refractivity contribution is 6.04. The number of pyridine rings is 1. The zero-order valence-electron chi connectivity index (χ0n) is 13.8. The molecule has 0 radical (unpaired) electrons.